The molecule has 0 spiro atoms. The van der Waals surface area contributed by atoms with Crippen molar-refractivity contribution in [3.8, 4) is 0 Å². The second-order valence-corrected chi connectivity index (χ2v) is 3.31. The van der Waals surface area contributed by atoms with Crippen LogP contribution in [0.2, 0.25) is 0 Å². The fraction of sp³-hybridized carbons (Fsp3) is 0.375. The molecular formula is C8H10O3S. The largest absolute Gasteiger partial charge is 0.465 e. The molecule has 4 heteroatoms. The Morgan fingerprint density at radius 2 is 2.42 bits per heavy atom. The van der Waals surface area contributed by atoms with Crippen molar-refractivity contribution in [1.29, 1.82) is 0 Å². The number of rotatable bonds is 2. The second kappa shape index (κ2) is 3.69. The van der Waals surface area contributed by atoms with Gasteiger partial charge in [-0.1, -0.05) is 0 Å². The van der Waals surface area contributed by atoms with E-state index in [0.717, 1.165) is 10.4 Å². The minimum absolute atomic E-state index is 0.0203. The molecule has 3 nitrogen and oxygen atoms in total. The van der Waals surface area contributed by atoms with Crippen molar-refractivity contribution in [3.63, 3.8) is 0 Å². The Labute approximate surface area is 74.6 Å². The molecule has 1 N–H and O–H groups in total. The van der Waals surface area contributed by atoms with Crippen LogP contribution in [-0.2, 0) is 11.3 Å². The first-order valence-electron chi connectivity index (χ1n) is 3.46. The Morgan fingerprint density at radius 3 is 2.83 bits per heavy atom. The molecule has 0 aromatic carbocycles. The van der Waals surface area contributed by atoms with Gasteiger partial charge >= 0.3 is 5.97 Å². The Hall–Kier alpha value is -0.870. The summed E-state index contributed by atoms with van der Waals surface area (Å²) in [7, 11) is 1.35. The van der Waals surface area contributed by atoms with Crippen LogP contribution in [0.15, 0.2) is 5.38 Å². The summed E-state index contributed by atoms with van der Waals surface area (Å²) in [5.74, 6) is -0.344. The summed E-state index contributed by atoms with van der Waals surface area (Å²) in [6.45, 7) is 1.78. The Balaban J connectivity index is 3.02. The summed E-state index contributed by atoms with van der Waals surface area (Å²) in [4.78, 5) is 11.9. The van der Waals surface area contributed by atoms with Crippen LogP contribution in [0.25, 0.3) is 0 Å². The maximum absolute atomic E-state index is 11.1. The Kier molecular flexibility index (Phi) is 2.83. The third-order valence-electron chi connectivity index (χ3n) is 1.69. The average Bonchev–Trinajstić information content (AvgIpc) is 2.45. The summed E-state index contributed by atoms with van der Waals surface area (Å²) in [6, 6.07) is 0. The molecular weight excluding hydrogens is 176 g/mol. The van der Waals surface area contributed by atoms with Crippen LogP contribution < -0.4 is 0 Å². The van der Waals surface area contributed by atoms with Gasteiger partial charge in [0.05, 0.1) is 19.3 Å². The van der Waals surface area contributed by atoms with Crippen LogP contribution in [0, 0.1) is 6.92 Å². The van der Waals surface area contributed by atoms with Gasteiger partial charge in [-0.15, -0.1) is 11.3 Å². The quantitative estimate of drug-likeness (QED) is 0.709. The number of hydrogen-bond acceptors (Lipinski definition) is 4. The Bertz CT molecular complexity index is 290. The highest BCUT2D eigenvalue weighted by atomic mass is 32.1. The SMILES string of the molecule is COC(=O)c1csc(CO)c1C. The minimum Gasteiger partial charge on any atom is -0.465 e. The number of ether oxygens (including phenoxy) is 1. The van der Waals surface area contributed by atoms with E-state index in [1.807, 2.05) is 0 Å². The highest BCUT2D eigenvalue weighted by Crippen LogP contribution is 2.22. The lowest BCUT2D eigenvalue weighted by Gasteiger charge is -1.97. The van der Waals surface area contributed by atoms with E-state index in [1.54, 1.807) is 12.3 Å². The zero-order valence-corrected chi connectivity index (χ0v) is 7.77. The van der Waals surface area contributed by atoms with Gasteiger partial charge in [0.25, 0.3) is 0 Å². The van der Waals surface area contributed by atoms with E-state index in [4.69, 9.17) is 5.11 Å². The highest BCUT2D eigenvalue weighted by molar-refractivity contribution is 7.10. The van der Waals surface area contributed by atoms with Gasteiger partial charge in [-0.2, -0.15) is 0 Å². The first-order chi connectivity index (χ1) is 5.70. The summed E-state index contributed by atoms with van der Waals surface area (Å²) in [5, 5.41) is 10.5. The first kappa shape index (κ1) is 9.22. The van der Waals surface area contributed by atoms with Crippen LogP contribution >= 0.6 is 11.3 Å². The molecule has 1 heterocycles. The Morgan fingerprint density at radius 1 is 1.75 bits per heavy atom. The topological polar surface area (TPSA) is 46.5 Å². The molecule has 0 aliphatic rings. The van der Waals surface area contributed by atoms with Crippen molar-refractivity contribution in [2.75, 3.05) is 7.11 Å². The second-order valence-electron chi connectivity index (χ2n) is 2.35. The number of thiophene rings is 1. The maximum atomic E-state index is 11.1. The minimum atomic E-state index is -0.344. The number of hydrogen-bond donors (Lipinski definition) is 1. The molecule has 12 heavy (non-hydrogen) atoms. The number of aliphatic hydroxyl groups is 1. The molecule has 0 fully saturated rings. The maximum Gasteiger partial charge on any atom is 0.338 e. The van der Waals surface area contributed by atoms with Crippen LogP contribution in [-0.4, -0.2) is 18.2 Å². The molecule has 1 rings (SSSR count). The first-order valence-corrected chi connectivity index (χ1v) is 4.34. The van der Waals surface area contributed by atoms with Crippen molar-refractivity contribution < 1.29 is 14.6 Å². The van der Waals surface area contributed by atoms with Gasteiger partial charge in [-0.25, -0.2) is 4.79 Å². The molecule has 0 radical (unpaired) electrons. The third kappa shape index (κ3) is 1.49. The zero-order valence-electron chi connectivity index (χ0n) is 6.96. The van der Waals surface area contributed by atoms with E-state index in [1.165, 1.54) is 18.4 Å². The van der Waals surface area contributed by atoms with Crippen LogP contribution in [0.3, 0.4) is 0 Å². The van der Waals surface area contributed by atoms with Crippen molar-refractivity contribution in [1.82, 2.24) is 0 Å². The van der Waals surface area contributed by atoms with Gasteiger partial charge in [-0.05, 0) is 12.5 Å². The predicted molar refractivity (Wildman–Crippen MR) is 46.3 cm³/mol. The monoisotopic (exact) mass is 186 g/mol. The lowest BCUT2D eigenvalue weighted by atomic mass is 10.2. The molecule has 0 saturated carbocycles. The zero-order chi connectivity index (χ0) is 9.14. The van der Waals surface area contributed by atoms with E-state index in [0.29, 0.717) is 5.56 Å². The van der Waals surface area contributed by atoms with Gasteiger partial charge in [-0.3, -0.25) is 0 Å². The summed E-state index contributed by atoms with van der Waals surface area (Å²) >= 11 is 1.37. The number of carbonyl (C=O) groups excluding carboxylic acids is 1. The van der Waals surface area contributed by atoms with Crippen molar-refractivity contribution >= 4 is 17.3 Å². The van der Waals surface area contributed by atoms with Gasteiger partial charge in [0.1, 0.15) is 0 Å². The molecule has 0 aliphatic heterocycles. The highest BCUT2D eigenvalue weighted by Gasteiger charge is 2.13. The standard InChI is InChI=1S/C8H10O3S/c1-5-6(8(10)11-2)4-12-7(5)3-9/h4,9H,3H2,1-2H3. The molecule has 0 bridgehead atoms. The van der Waals surface area contributed by atoms with E-state index < -0.39 is 0 Å². The molecule has 0 unspecified atom stereocenters. The van der Waals surface area contributed by atoms with Crippen molar-refractivity contribution in [2.24, 2.45) is 0 Å². The predicted octanol–water partition coefficient (Wildman–Crippen LogP) is 1.34. The molecule has 0 aliphatic carbocycles. The average molecular weight is 186 g/mol. The third-order valence-corrected chi connectivity index (χ3v) is 2.76. The van der Waals surface area contributed by atoms with Crippen LogP contribution in [0.4, 0.5) is 0 Å². The van der Waals surface area contributed by atoms with Crippen LogP contribution in [0.5, 0.6) is 0 Å². The summed E-state index contributed by atoms with van der Waals surface area (Å²) in [5.41, 5.74) is 1.36. The molecule has 0 saturated heterocycles. The van der Waals surface area contributed by atoms with E-state index in [9.17, 15) is 4.79 Å². The van der Waals surface area contributed by atoms with E-state index >= 15 is 0 Å². The lowest BCUT2D eigenvalue weighted by molar-refractivity contribution is 0.0600. The van der Waals surface area contributed by atoms with Crippen molar-refractivity contribution in [3.05, 3.63) is 21.4 Å². The van der Waals surface area contributed by atoms with Crippen LogP contribution in [0.1, 0.15) is 20.8 Å². The number of aliphatic hydroxyl groups excluding tert-OH is 1. The summed E-state index contributed by atoms with van der Waals surface area (Å²) in [6.07, 6.45) is 0. The van der Waals surface area contributed by atoms with Gasteiger partial charge in [0.2, 0.25) is 0 Å². The van der Waals surface area contributed by atoms with Crippen molar-refractivity contribution in [2.45, 2.75) is 13.5 Å². The van der Waals surface area contributed by atoms with E-state index in [-0.39, 0.29) is 12.6 Å². The number of esters is 1. The van der Waals surface area contributed by atoms with E-state index in [2.05, 4.69) is 4.74 Å². The fourth-order valence-electron chi connectivity index (χ4n) is 0.924. The molecule has 1 aromatic rings. The lowest BCUT2D eigenvalue weighted by Crippen LogP contribution is -2.01. The molecule has 0 amide bonds. The van der Waals surface area contributed by atoms with Gasteiger partial charge < -0.3 is 9.84 Å². The normalized spacial score (nSPS) is 9.92. The smallest absolute Gasteiger partial charge is 0.338 e. The number of methoxy groups -OCH3 is 1. The van der Waals surface area contributed by atoms with Gasteiger partial charge in [0, 0.05) is 10.3 Å². The number of carbonyl (C=O) groups is 1. The van der Waals surface area contributed by atoms with Gasteiger partial charge in [0.15, 0.2) is 0 Å². The molecule has 66 valence electrons. The summed E-state index contributed by atoms with van der Waals surface area (Å²) < 4.78 is 4.56. The molecule has 0 atom stereocenters. The molecule has 1 aromatic heterocycles. The fourth-order valence-corrected chi connectivity index (χ4v) is 1.82.